The molecule has 0 bridgehead atoms. The maximum absolute atomic E-state index is 12.5. The van der Waals surface area contributed by atoms with Crippen LogP contribution in [0.1, 0.15) is 12.7 Å². The maximum Gasteiger partial charge on any atom is 0.227 e. The van der Waals surface area contributed by atoms with Crippen LogP contribution in [0, 0.1) is 11.8 Å². The minimum absolute atomic E-state index is 0.0253. The first-order valence-corrected chi connectivity index (χ1v) is 6.68. The highest BCUT2D eigenvalue weighted by molar-refractivity contribution is 5.89. The van der Waals surface area contributed by atoms with E-state index >= 15 is 0 Å². The molecular weight excluding hydrogens is 262 g/mol. The van der Waals surface area contributed by atoms with Crippen molar-refractivity contribution in [2.24, 2.45) is 11.8 Å². The van der Waals surface area contributed by atoms with Crippen LogP contribution in [0.3, 0.4) is 0 Å². The smallest absolute Gasteiger partial charge is 0.227 e. The largest absolute Gasteiger partial charge is 0.395 e. The Morgan fingerprint density at radius 3 is 3.10 bits per heavy atom. The van der Waals surface area contributed by atoms with E-state index in [4.69, 9.17) is 5.11 Å². The molecule has 1 saturated heterocycles. The second-order valence-corrected chi connectivity index (χ2v) is 5.31. The highest BCUT2D eigenvalue weighted by Crippen LogP contribution is 2.24. The Bertz CT molecular complexity index is 543. The fraction of sp³-hybridized carbons (Fsp3) is 0.667. The van der Waals surface area contributed by atoms with Gasteiger partial charge in [0.2, 0.25) is 11.8 Å². The lowest BCUT2D eigenvalue weighted by Crippen LogP contribution is -2.64. The number of carbonyl (C=O) groups excluding carboxylic acids is 2. The Balaban J connectivity index is 1.66. The molecule has 2 aliphatic rings. The second-order valence-electron chi connectivity index (χ2n) is 5.31. The summed E-state index contributed by atoms with van der Waals surface area (Å²) in [7, 11) is 0. The van der Waals surface area contributed by atoms with Crippen molar-refractivity contribution in [3.05, 3.63) is 12.2 Å². The Kier molecular flexibility index (Phi) is 3.17. The van der Waals surface area contributed by atoms with Crippen molar-refractivity contribution in [1.29, 1.82) is 0 Å². The number of aromatic nitrogens is 3. The molecular formula is C12H17N5O3. The molecule has 8 nitrogen and oxygen atoms in total. The van der Waals surface area contributed by atoms with Crippen molar-refractivity contribution in [3.8, 4) is 0 Å². The van der Waals surface area contributed by atoms with Crippen molar-refractivity contribution in [2.75, 3.05) is 13.2 Å². The molecule has 2 aliphatic heterocycles. The van der Waals surface area contributed by atoms with Crippen LogP contribution in [-0.2, 0) is 22.7 Å². The van der Waals surface area contributed by atoms with Crippen LogP contribution in [-0.4, -0.2) is 55.8 Å². The second kappa shape index (κ2) is 4.86. The van der Waals surface area contributed by atoms with Gasteiger partial charge in [-0.1, -0.05) is 6.92 Å². The van der Waals surface area contributed by atoms with Gasteiger partial charge < -0.3 is 19.9 Å². The van der Waals surface area contributed by atoms with Gasteiger partial charge in [-0.15, -0.1) is 10.2 Å². The van der Waals surface area contributed by atoms with E-state index in [1.165, 1.54) is 0 Å². The highest BCUT2D eigenvalue weighted by Gasteiger charge is 2.45. The van der Waals surface area contributed by atoms with Crippen molar-refractivity contribution in [2.45, 2.75) is 26.1 Å². The molecule has 1 aromatic heterocycles. The Labute approximate surface area is 115 Å². The van der Waals surface area contributed by atoms with E-state index in [0.717, 1.165) is 5.82 Å². The number of aliphatic hydroxyl groups is 1. The summed E-state index contributed by atoms with van der Waals surface area (Å²) >= 11 is 0. The molecule has 0 spiro atoms. The Hall–Kier alpha value is -1.96. The van der Waals surface area contributed by atoms with Crippen LogP contribution in [0.25, 0.3) is 0 Å². The number of rotatable bonds is 3. The molecule has 108 valence electrons. The molecule has 20 heavy (non-hydrogen) atoms. The van der Waals surface area contributed by atoms with Crippen LogP contribution in [0.5, 0.6) is 0 Å². The van der Waals surface area contributed by atoms with Crippen molar-refractivity contribution >= 4 is 11.8 Å². The molecule has 0 aliphatic carbocycles. The minimum atomic E-state index is -0.470. The lowest BCUT2D eigenvalue weighted by Gasteiger charge is -2.41. The van der Waals surface area contributed by atoms with Crippen molar-refractivity contribution in [3.63, 3.8) is 0 Å². The van der Waals surface area contributed by atoms with Gasteiger partial charge in [-0.2, -0.15) is 0 Å². The predicted molar refractivity (Wildman–Crippen MR) is 67.1 cm³/mol. The molecule has 1 fully saturated rings. The van der Waals surface area contributed by atoms with E-state index in [0.29, 0.717) is 19.6 Å². The lowest BCUT2D eigenvalue weighted by atomic mass is 9.81. The quantitative estimate of drug-likeness (QED) is 0.647. The fourth-order valence-electron chi connectivity index (χ4n) is 2.80. The molecule has 8 heteroatoms. The number of nitrogens with zero attached hydrogens (tertiary/aromatic N) is 4. The summed E-state index contributed by atoms with van der Waals surface area (Å²) in [5, 5.41) is 19.7. The molecule has 3 rings (SSSR count). The Morgan fingerprint density at radius 1 is 1.60 bits per heavy atom. The van der Waals surface area contributed by atoms with Gasteiger partial charge in [0, 0.05) is 13.1 Å². The van der Waals surface area contributed by atoms with E-state index in [1.54, 1.807) is 18.2 Å². The predicted octanol–water partition coefficient (Wildman–Crippen LogP) is -1.64. The SMILES string of the molecule is C[C@@H](C(=O)N1CCn2cnnc2C1)[C@H]1NC(=O)[C@@H]1CO. The van der Waals surface area contributed by atoms with Gasteiger partial charge in [-0.05, 0) is 0 Å². The molecule has 0 unspecified atom stereocenters. The number of nitrogens with one attached hydrogen (secondary N) is 1. The van der Waals surface area contributed by atoms with Gasteiger partial charge in [0.05, 0.1) is 31.0 Å². The number of aliphatic hydroxyl groups excluding tert-OH is 1. The molecule has 3 atom stereocenters. The summed E-state index contributed by atoms with van der Waals surface area (Å²) in [5.41, 5.74) is 0. The number of carbonyl (C=O) groups is 2. The van der Waals surface area contributed by atoms with Gasteiger partial charge in [-0.25, -0.2) is 0 Å². The zero-order chi connectivity index (χ0) is 14.3. The molecule has 2 N–H and O–H groups in total. The highest BCUT2D eigenvalue weighted by atomic mass is 16.3. The first-order chi connectivity index (χ1) is 9.61. The minimum Gasteiger partial charge on any atom is -0.395 e. The summed E-state index contributed by atoms with van der Waals surface area (Å²) in [6, 6.07) is -0.278. The number of β-lactam (4-membered cyclic amide) rings is 1. The topological polar surface area (TPSA) is 100 Å². The molecule has 0 radical (unpaired) electrons. The molecule has 1 aromatic rings. The number of hydrogen-bond acceptors (Lipinski definition) is 5. The molecule has 2 amide bonds. The normalized spacial score (nSPS) is 26.5. The lowest BCUT2D eigenvalue weighted by molar-refractivity contribution is -0.146. The zero-order valence-electron chi connectivity index (χ0n) is 11.2. The van der Waals surface area contributed by atoms with Crippen LogP contribution >= 0.6 is 0 Å². The first kappa shape index (κ1) is 13.0. The van der Waals surface area contributed by atoms with Gasteiger partial charge in [0.25, 0.3) is 0 Å². The fourth-order valence-corrected chi connectivity index (χ4v) is 2.80. The Morgan fingerprint density at radius 2 is 2.40 bits per heavy atom. The summed E-state index contributed by atoms with van der Waals surface area (Å²) in [5.74, 6) is -0.256. The standard InChI is InChI=1S/C12H17N5O3/c1-7(10-8(5-18)11(19)14-10)12(20)16-2-3-17-6-13-15-9(17)4-16/h6-8,10,18H,2-5H2,1H3,(H,14,19)/t7-,8-,10-/m1/s1. The third-order valence-electron chi connectivity index (χ3n) is 4.15. The summed E-state index contributed by atoms with van der Waals surface area (Å²) in [4.78, 5) is 25.5. The third kappa shape index (κ3) is 1.96. The average Bonchev–Trinajstić information content (AvgIpc) is 2.90. The molecule has 0 aromatic carbocycles. The summed E-state index contributed by atoms with van der Waals surface area (Å²) in [6.07, 6.45) is 1.66. The van der Waals surface area contributed by atoms with Crippen molar-refractivity contribution < 1.29 is 14.7 Å². The number of hydrogen-bond donors (Lipinski definition) is 2. The van der Waals surface area contributed by atoms with E-state index in [9.17, 15) is 9.59 Å². The zero-order valence-corrected chi connectivity index (χ0v) is 11.2. The third-order valence-corrected chi connectivity index (χ3v) is 4.15. The summed E-state index contributed by atoms with van der Waals surface area (Å²) < 4.78 is 1.93. The van der Waals surface area contributed by atoms with Gasteiger partial charge in [-0.3, -0.25) is 9.59 Å². The van der Waals surface area contributed by atoms with Gasteiger partial charge in [0.1, 0.15) is 6.33 Å². The van der Waals surface area contributed by atoms with E-state index in [-0.39, 0.29) is 30.4 Å². The van der Waals surface area contributed by atoms with Crippen LogP contribution < -0.4 is 5.32 Å². The van der Waals surface area contributed by atoms with E-state index in [2.05, 4.69) is 15.5 Å². The number of fused-ring (bicyclic) bond motifs is 1. The summed E-state index contributed by atoms with van der Waals surface area (Å²) in [6.45, 7) is 3.30. The van der Waals surface area contributed by atoms with E-state index < -0.39 is 5.92 Å². The van der Waals surface area contributed by atoms with Crippen LogP contribution in [0.15, 0.2) is 6.33 Å². The monoisotopic (exact) mass is 279 g/mol. The van der Waals surface area contributed by atoms with Gasteiger partial charge >= 0.3 is 0 Å². The van der Waals surface area contributed by atoms with Gasteiger partial charge in [0.15, 0.2) is 5.82 Å². The molecule has 3 heterocycles. The number of amides is 2. The first-order valence-electron chi connectivity index (χ1n) is 6.68. The molecule has 0 saturated carbocycles. The van der Waals surface area contributed by atoms with E-state index in [1.807, 2.05) is 4.57 Å². The van der Waals surface area contributed by atoms with Crippen LogP contribution in [0.4, 0.5) is 0 Å². The van der Waals surface area contributed by atoms with Crippen LogP contribution in [0.2, 0.25) is 0 Å². The maximum atomic E-state index is 12.5. The van der Waals surface area contributed by atoms with Crippen molar-refractivity contribution in [1.82, 2.24) is 25.0 Å². The average molecular weight is 279 g/mol.